The fourth-order valence-corrected chi connectivity index (χ4v) is 2.62. The lowest BCUT2D eigenvalue weighted by molar-refractivity contribution is 0.102. The van der Waals surface area contributed by atoms with Gasteiger partial charge in [-0.2, -0.15) is 5.10 Å². The Morgan fingerprint density at radius 1 is 1.16 bits per heavy atom. The average Bonchev–Trinajstić information content (AvgIpc) is 3.08. The first-order valence-corrected chi connectivity index (χ1v) is 8.26. The summed E-state index contributed by atoms with van der Waals surface area (Å²) in [4.78, 5) is 17.1. The summed E-state index contributed by atoms with van der Waals surface area (Å²) < 4.78 is 7.26. The first-order valence-electron chi connectivity index (χ1n) is 8.26. The zero-order valence-electron chi connectivity index (χ0n) is 14.3. The number of ether oxygens (including phenoxy) is 1. The number of nitrogens with one attached hydrogen (secondary N) is 1. The highest BCUT2D eigenvalue weighted by atomic mass is 16.5. The predicted octanol–water partition coefficient (Wildman–Crippen LogP) is 3.48. The van der Waals surface area contributed by atoms with Crippen molar-refractivity contribution in [3.63, 3.8) is 0 Å². The number of carbonyl (C=O) groups excluding carboxylic acids is 1. The van der Waals surface area contributed by atoms with E-state index in [1.807, 2.05) is 56.3 Å². The fraction of sp³-hybridized carbons (Fsp3) is 0.211. The molecule has 2 aromatic heterocycles. The second kappa shape index (κ2) is 7.61. The van der Waals surface area contributed by atoms with E-state index in [0.29, 0.717) is 35.8 Å². The Morgan fingerprint density at radius 3 is 2.68 bits per heavy atom. The van der Waals surface area contributed by atoms with Crippen LogP contribution < -0.4 is 10.1 Å². The van der Waals surface area contributed by atoms with Gasteiger partial charge in [-0.3, -0.25) is 4.79 Å². The molecular weight excluding hydrogens is 316 g/mol. The maximum Gasteiger partial charge on any atom is 0.259 e. The van der Waals surface area contributed by atoms with E-state index >= 15 is 0 Å². The number of hydrogen-bond donors (Lipinski definition) is 1. The van der Waals surface area contributed by atoms with E-state index < -0.39 is 0 Å². The second-order valence-electron chi connectivity index (χ2n) is 5.34. The van der Waals surface area contributed by atoms with Gasteiger partial charge in [0.1, 0.15) is 5.75 Å². The van der Waals surface area contributed by atoms with Crippen molar-refractivity contribution in [2.24, 2.45) is 0 Å². The quantitative estimate of drug-likeness (QED) is 0.748. The third-order valence-electron chi connectivity index (χ3n) is 3.75. The van der Waals surface area contributed by atoms with Crippen molar-refractivity contribution in [2.45, 2.75) is 20.3 Å². The van der Waals surface area contributed by atoms with Gasteiger partial charge in [-0.25, -0.2) is 9.67 Å². The molecule has 0 radical (unpaired) electrons. The molecule has 2 heterocycles. The predicted molar refractivity (Wildman–Crippen MR) is 96.3 cm³/mol. The van der Waals surface area contributed by atoms with Gasteiger partial charge in [-0.05, 0) is 37.6 Å². The van der Waals surface area contributed by atoms with Crippen molar-refractivity contribution in [1.29, 1.82) is 0 Å². The summed E-state index contributed by atoms with van der Waals surface area (Å²) in [6, 6.07) is 13.0. The molecule has 1 N–H and O–H groups in total. The highest BCUT2D eigenvalue weighted by Crippen LogP contribution is 2.25. The summed E-state index contributed by atoms with van der Waals surface area (Å²) in [5.74, 6) is 1.12. The van der Waals surface area contributed by atoms with Crippen molar-refractivity contribution < 1.29 is 9.53 Å². The number of anilines is 1. The Balaban J connectivity index is 1.90. The summed E-state index contributed by atoms with van der Waals surface area (Å²) in [5, 5.41) is 7.25. The minimum absolute atomic E-state index is 0.216. The van der Waals surface area contributed by atoms with Gasteiger partial charge in [0.05, 0.1) is 29.7 Å². The number of aromatic nitrogens is 3. The van der Waals surface area contributed by atoms with Crippen molar-refractivity contribution in [1.82, 2.24) is 14.8 Å². The van der Waals surface area contributed by atoms with Crippen LogP contribution in [0.5, 0.6) is 5.75 Å². The molecule has 0 unspecified atom stereocenters. The van der Waals surface area contributed by atoms with Gasteiger partial charge in [0, 0.05) is 6.20 Å². The third-order valence-corrected chi connectivity index (χ3v) is 3.75. The van der Waals surface area contributed by atoms with Crippen LogP contribution in [0.25, 0.3) is 5.82 Å². The van der Waals surface area contributed by atoms with Crippen molar-refractivity contribution in [2.75, 3.05) is 11.9 Å². The van der Waals surface area contributed by atoms with Crippen LogP contribution in [0.2, 0.25) is 0 Å². The van der Waals surface area contributed by atoms with E-state index in [4.69, 9.17) is 4.74 Å². The number of pyridine rings is 1. The molecule has 0 saturated heterocycles. The molecule has 0 fully saturated rings. The molecule has 6 nitrogen and oxygen atoms in total. The van der Waals surface area contributed by atoms with Gasteiger partial charge in [0.2, 0.25) is 0 Å². The third kappa shape index (κ3) is 3.52. The molecule has 0 aliphatic carbocycles. The van der Waals surface area contributed by atoms with E-state index in [-0.39, 0.29) is 5.91 Å². The van der Waals surface area contributed by atoms with Crippen molar-refractivity contribution in [3.8, 4) is 11.6 Å². The summed E-state index contributed by atoms with van der Waals surface area (Å²) >= 11 is 0. The smallest absolute Gasteiger partial charge is 0.259 e. The largest absolute Gasteiger partial charge is 0.492 e. The molecule has 0 spiro atoms. The van der Waals surface area contributed by atoms with Crippen LogP contribution in [0.4, 0.5) is 5.69 Å². The molecule has 25 heavy (non-hydrogen) atoms. The van der Waals surface area contributed by atoms with Gasteiger partial charge in [0.25, 0.3) is 5.91 Å². The van der Waals surface area contributed by atoms with Crippen LogP contribution in [-0.2, 0) is 6.42 Å². The normalized spacial score (nSPS) is 10.5. The van der Waals surface area contributed by atoms with Crippen molar-refractivity contribution in [3.05, 3.63) is 66.1 Å². The van der Waals surface area contributed by atoms with E-state index in [1.54, 1.807) is 17.1 Å². The van der Waals surface area contributed by atoms with E-state index in [1.165, 1.54) is 0 Å². The van der Waals surface area contributed by atoms with Crippen LogP contribution in [0, 0.1) is 0 Å². The first kappa shape index (κ1) is 16.7. The minimum atomic E-state index is -0.216. The van der Waals surface area contributed by atoms with Gasteiger partial charge in [-0.15, -0.1) is 0 Å². The summed E-state index contributed by atoms with van der Waals surface area (Å²) in [6.07, 6.45) is 3.94. The highest BCUT2D eigenvalue weighted by Gasteiger charge is 2.18. The Labute approximate surface area is 146 Å². The maximum atomic E-state index is 12.8. The standard InChI is InChI=1S/C19H20N4O2/c1-3-16-14(13-21-23(16)18-11-7-8-12-20-18)19(24)22-15-9-5-6-10-17(15)25-4-2/h5-13H,3-4H2,1-2H3,(H,22,24). The molecule has 1 aromatic carbocycles. The van der Waals surface area contributed by atoms with Crippen LogP contribution in [0.3, 0.4) is 0 Å². The first-order chi connectivity index (χ1) is 12.2. The average molecular weight is 336 g/mol. The van der Waals surface area contributed by atoms with E-state index in [9.17, 15) is 4.79 Å². The zero-order valence-corrected chi connectivity index (χ0v) is 14.3. The molecule has 0 atom stereocenters. The lowest BCUT2D eigenvalue weighted by atomic mass is 10.2. The molecule has 0 aliphatic rings. The summed E-state index contributed by atoms with van der Waals surface area (Å²) in [6.45, 7) is 4.43. The number of carbonyl (C=O) groups is 1. The number of amides is 1. The molecule has 3 rings (SSSR count). The Kier molecular flexibility index (Phi) is 5.09. The Morgan fingerprint density at radius 2 is 1.96 bits per heavy atom. The summed E-state index contributed by atoms with van der Waals surface area (Å²) in [7, 11) is 0. The molecule has 0 bridgehead atoms. The highest BCUT2D eigenvalue weighted by molar-refractivity contribution is 6.05. The van der Waals surface area contributed by atoms with Gasteiger partial charge >= 0.3 is 0 Å². The molecule has 3 aromatic rings. The van der Waals surface area contributed by atoms with E-state index in [0.717, 1.165) is 5.69 Å². The SMILES string of the molecule is CCOc1ccccc1NC(=O)c1cnn(-c2ccccn2)c1CC. The number of rotatable bonds is 6. The van der Waals surface area contributed by atoms with E-state index in [2.05, 4.69) is 15.4 Å². The minimum Gasteiger partial charge on any atom is -0.492 e. The Bertz CT molecular complexity index is 859. The lowest BCUT2D eigenvalue weighted by Crippen LogP contribution is -2.15. The van der Waals surface area contributed by atoms with Crippen LogP contribution in [-0.4, -0.2) is 27.3 Å². The van der Waals surface area contributed by atoms with Crippen LogP contribution >= 0.6 is 0 Å². The fourth-order valence-electron chi connectivity index (χ4n) is 2.62. The topological polar surface area (TPSA) is 69.0 Å². The van der Waals surface area contributed by atoms with Gasteiger partial charge in [0.15, 0.2) is 5.82 Å². The lowest BCUT2D eigenvalue weighted by Gasteiger charge is -2.11. The molecule has 6 heteroatoms. The summed E-state index contributed by atoms with van der Waals surface area (Å²) in [5.41, 5.74) is 1.98. The number of benzene rings is 1. The maximum absolute atomic E-state index is 12.8. The Hall–Kier alpha value is -3.15. The number of hydrogen-bond acceptors (Lipinski definition) is 4. The number of nitrogens with zero attached hydrogens (tertiary/aromatic N) is 3. The second-order valence-corrected chi connectivity index (χ2v) is 5.34. The van der Waals surface area contributed by atoms with Crippen LogP contribution in [0.15, 0.2) is 54.9 Å². The van der Waals surface area contributed by atoms with Gasteiger partial charge < -0.3 is 10.1 Å². The monoisotopic (exact) mass is 336 g/mol. The molecular formula is C19H20N4O2. The van der Waals surface area contributed by atoms with Crippen LogP contribution in [0.1, 0.15) is 29.9 Å². The molecule has 1 amide bonds. The van der Waals surface area contributed by atoms with Crippen molar-refractivity contribution >= 4 is 11.6 Å². The zero-order chi connectivity index (χ0) is 17.6. The molecule has 0 aliphatic heterocycles. The number of para-hydroxylation sites is 2. The molecule has 128 valence electrons. The van der Waals surface area contributed by atoms with Gasteiger partial charge in [-0.1, -0.05) is 25.1 Å². The molecule has 0 saturated carbocycles.